The molecular formula is C12H13FN4. The molecule has 0 saturated heterocycles. The van der Waals surface area contributed by atoms with Crippen LogP contribution in [0, 0.1) is 5.82 Å². The number of aromatic nitrogens is 3. The SMILES string of the molecule is Nc1c(-c2cccc(F)c2)nnn1C1CCC1. The molecule has 1 aromatic carbocycles. The zero-order chi connectivity index (χ0) is 11.8. The van der Waals surface area contributed by atoms with Crippen molar-refractivity contribution in [3.8, 4) is 11.3 Å². The molecule has 1 aromatic heterocycles. The number of nitrogen functional groups attached to an aromatic ring is 1. The summed E-state index contributed by atoms with van der Waals surface area (Å²) < 4.78 is 14.9. The number of hydrogen-bond donors (Lipinski definition) is 1. The van der Waals surface area contributed by atoms with Gasteiger partial charge in [-0.2, -0.15) is 0 Å². The predicted octanol–water partition coefficient (Wildman–Crippen LogP) is 2.39. The maximum atomic E-state index is 13.1. The van der Waals surface area contributed by atoms with Crippen molar-refractivity contribution in [2.24, 2.45) is 0 Å². The molecule has 0 amide bonds. The zero-order valence-corrected chi connectivity index (χ0v) is 9.31. The van der Waals surface area contributed by atoms with Gasteiger partial charge in [-0.1, -0.05) is 17.3 Å². The van der Waals surface area contributed by atoms with E-state index in [-0.39, 0.29) is 5.82 Å². The van der Waals surface area contributed by atoms with Crippen LogP contribution in [-0.4, -0.2) is 15.0 Å². The first kappa shape index (κ1) is 10.3. The van der Waals surface area contributed by atoms with Crippen LogP contribution in [0.1, 0.15) is 25.3 Å². The normalized spacial score (nSPS) is 15.8. The number of nitrogens with two attached hydrogens (primary N) is 1. The summed E-state index contributed by atoms with van der Waals surface area (Å²) in [7, 11) is 0. The molecule has 5 heteroatoms. The molecule has 0 unspecified atom stereocenters. The zero-order valence-electron chi connectivity index (χ0n) is 9.31. The monoisotopic (exact) mass is 232 g/mol. The van der Waals surface area contributed by atoms with Crippen LogP contribution in [0.2, 0.25) is 0 Å². The lowest BCUT2D eigenvalue weighted by Gasteiger charge is -2.25. The minimum absolute atomic E-state index is 0.292. The van der Waals surface area contributed by atoms with E-state index in [1.807, 2.05) is 0 Å². The highest BCUT2D eigenvalue weighted by molar-refractivity contribution is 5.69. The summed E-state index contributed by atoms with van der Waals surface area (Å²) in [6.45, 7) is 0. The van der Waals surface area contributed by atoms with Crippen molar-refractivity contribution in [1.29, 1.82) is 0 Å². The smallest absolute Gasteiger partial charge is 0.150 e. The Morgan fingerprint density at radius 1 is 1.35 bits per heavy atom. The fourth-order valence-corrected chi connectivity index (χ4v) is 2.04. The Kier molecular flexibility index (Phi) is 2.31. The van der Waals surface area contributed by atoms with Crippen LogP contribution in [0.4, 0.5) is 10.2 Å². The molecule has 17 heavy (non-hydrogen) atoms. The molecule has 2 N–H and O–H groups in total. The van der Waals surface area contributed by atoms with Gasteiger partial charge in [0.1, 0.15) is 11.5 Å². The highest BCUT2D eigenvalue weighted by Crippen LogP contribution is 2.35. The molecule has 1 heterocycles. The van der Waals surface area contributed by atoms with E-state index in [2.05, 4.69) is 10.3 Å². The number of anilines is 1. The van der Waals surface area contributed by atoms with Gasteiger partial charge in [0.25, 0.3) is 0 Å². The maximum Gasteiger partial charge on any atom is 0.150 e. The molecule has 88 valence electrons. The Morgan fingerprint density at radius 2 is 2.18 bits per heavy atom. The third kappa shape index (κ3) is 1.67. The maximum absolute atomic E-state index is 13.1. The summed E-state index contributed by atoms with van der Waals surface area (Å²) >= 11 is 0. The lowest BCUT2D eigenvalue weighted by atomic mass is 9.93. The third-order valence-corrected chi connectivity index (χ3v) is 3.25. The van der Waals surface area contributed by atoms with E-state index in [1.165, 1.54) is 18.6 Å². The van der Waals surface area contributed by atoms with Crippen molar-refractivity contribution in [2.75, 3.05) is 5.73 Å². The van der Waals surface area contributed by atoms with E-state index in [0.717, 1.165) is 12.8 Å². The van der Waals surface area contributed by atoms with E-state index in [0.29, 0.717) is 23.1 Å². The van der Waals surface area contributed by atoms with Gasteiger partial charge in [-0.05, 0) is 31.4 Å². The molecule has 0 spiro atoms. The fourth-order valence-electron chi connectivity index (χ4n) is 2.04. The van der Waals surface area contributed by atoms with Crippen molar-refractivity contribution in [3.05, 3.63) is 30.1 Å². The number of halogens is 1. The fraction of sp³-hybridized carbons (Fsp3) is 0.333. The molecule has 0 atom stereocenters. The second kappa shape index (κ2) is 3.84. The van der Waals surface area contributed by atoms with Crippen molar-refractivity contribution in [3.63, 3.8) is 0 Å². The van der Waals surface area contributed by atoms with E-state index in [1.54, 1.807) is 16.8 Å². The van der Waals surface area contributed by atoms with Crippen LogP contribution in [0.25, 0.3) is 11.3 Å². The van der Waals surface area contributed by atoms with Gasteiger partial charge in [-0.25, -0.2) is 9.07 Å². The lowest BCUT2D eigenvalue weighted by Crippen LogP contribution is -2.19. The van der Waals surface area contributed by atoms with Crippen molar-refractivity contribution in [2.45, 2.75) is 25.3 Å². The number of hydrogen-bond acceptors (Lipinski definition) is 3. The molecule has 0 aliphatic heterocycles. The van der Waals surface area contributed by atoms with Gasteiger partial charge < -0.3 is 5.73 Å². The highest BCUT2D eigenvalue weighted by Gasteiger charge is 2.24. The molecule has 4 nitrogen and oxygen atoms in total. The molecular weight excluding hydrogens is 219 g/mol. The predicted molar refractivity (Wildman–Crippen MR) is 62.7 cm³/mol. The minimum Gasteiger partial charge on any atom is -0.382 e. The van der Waals surface area contributed by atoms with E-state index < -0.39 is 0 Å². The van der Waals surface area contributed by atoms with Gasteiger partial charge in [0.05, 0.1) is 6.04 Å². The summed E-state index contributed by atoms with van der Waals surface area (Å²) in [6.07, 6.45) is 3.39. The molecule has 1 fully saturated rings. The molecule has 0 bridgehead atoms. The lowest BCUT2D eigenvalue weighted by molar-refractivity contribution is 0.288. The van der Waals surface area contributed by atoms with Gasteiger partial charge in [-0.15, -0.1) is 5.10 Å². The summed E-state index contributed by atoms with van der Waals surface area (Å²) in [5.74, 6) is 0.236. The average Bonchev–Trinajstić information content (AvgIpc) is 2.59. The van der Waals surface area contributed by atoms with Crippen LogP contribution in [0.15, 0.2) is 24.3 Å². The molecule has 1 aliphatic rings. The average molecular weight is 232 g/mol. The molecule has 0 radical (unpaired) electrons. The van der Waals surface area contributed by atoms with Crippen LogP contribution < -0.4 is 5.73 Å². The van der Waals surface area contributed by atoms with Gasteiger partial charge in [0.15, 0.2) is 5.82 Å². The second-order valence-electron chi connectivity index (χ2n) is 4.36. The first-order valence-electron chi connectivity index (χ1n) is 5.72. The molecule has 2 aromatic rings. The molecule has 3 rings (SSSR count). The van der Waals surface area contributed by atoms with Gasteiger partial charge >= 0.3 is 0 Å². The Morgan fingerprint density at radius 3 is 2.82 bits per heavy atom. The van der Waals surface area contributed by atoms with Crippen LogP contribution >= 0.6 is 0 Å². The van der Waals surface area contributed by atoms with Crippen LogP contribution in [0.3, 0.4) is 0 Å². The van der Waals surface area contributed by atoms with Crippen molar-refractivity contribution < 1.29 is 4.39 Å². The Hall–Kier alpha value is -1.91. The van der Waals surface area contributed by atoms with Crippen molar-refractivity contribution in [1.82, 2.24) is 15.0 Å². The quantitative estimate of drug-likeness (QED) is 0.864. The topological polar surface area (TPSA) is 56.7 Å². The summed E-state index contributed by atoms with van der Waals surface area (Å²) in [4.78, 5) is 0. The van der Waals surface area contributed by atoms with E-state index >= 15 is 0 Å². The van der Waals surface area contributed by atoms with Crippen molar-refractivity contribution >= 4 is 5.82 Å². The largest absolute Gasteiger partial charge is 0.382 e. The summed E-state index contributed by atoms with van der Waals surface area (Å²) in [5.41, 5.74) is 7.25. The van der Waals surface area contributed by atoms with Gasteiger partial charge in [-0.3, -0.25) is 0 Å². The minimum atomic E-state index is -0.292. The van der Waals surface area contributed by atoms with E-state index in [9.17, 15) is 4.39 Å². The van der Waals surface area contributed by atoms with Gasteiger partial charge in [0, 0.05) is 5.56 Å². The Labute approximate surface area is 98.2 Å². The number of benzene rings is 1. The van der Waals surface area contributed by atoms with E-state index in [4.69, 9.17) is 5.73 Å². The Bertz CT molecular complexity index is 545. The molecule has 1 saturated carbocycles. The second-order valence-corrected chi connectivity index (χ2v) is 4.36. The first-order chi connectivity index (χ1) is 8.25. The number of rotatable bonds is 2. The Balaban J connectivity index is 2.00. The first-order valence-corrected chi connectivity index (χ1v) is 5.72. The van der Waals surface area contributed by atoms with Gasteiger partial charge in [0.2, 0.25) is 0 Å². The standard InChI is InChI=1S/C12H13FN4/c13-9-4-1-3-8(7-9)11-12(14)17(16-15-11)10-5-2-6-10/h1,3-4,7,10H,2,5-6,14H2. The molecule has 1 aliphatic carbocycles. The number of nitrogens with zero attached hydrogens (tertiary/aromatic N) is 3. The highest BCUT2D eigenvalue weighted by atomic mass is 19.1. The van der Waals surface area contributed by atoms with Crippen LogP contribution in [-0.2, 0) is 0 Å². The van der Waals surface area contributed by atoms with Crippen LogP contribution in [0.5, 0.6) is 0 Å². The summed E-state index contributed by atoms with van der Waals surface area (Å²) in [6, 6.07) is 6.62. The third-order valence-electron chi connectivity index (χ3n) is 3.25. The summed E-state index contributed by atoms with van der Waals surface area (Å²) in [5, 5.41) is 8.11.